The van der Waals surface area contributed by atoms with Crippen LogP contribution in [0.2, 0.25) is 10.0 Å². The van der Waals surface area contributed by atoms with Gasteiger partial charge >= 0.3 is 0 Å². The van der Waals surface area contributed by atoms with E-state index in [1.54, 1.807) is 37.3 Å². The lowest BCUT2D eigenvalue weighted by atomic mass is 9.89. The van der Waals surface area contributed by atoms with Gasteiger partial charge in [-0.25, -0.2) is 4.39 Å². The molecule has 0 aliphatic heterocycles. The van der Waals surface area contributed by atoms with Gasteiger partial charge in [-0.1, -0.05) is 41.4 Å². The van der Waals surface area contributed by atoms with Crippen LogP contribution in [0.15, 0.2) is 42.5 Å². The van der Waals surface area contributed by atoms with Gasteiger partial charge < -0.3 is 5.11 Å². The fourth-order valence-corrected chi connectivity index (χ4v) is 2.23. The molecule has 0 amide bonds. The molecule has 0 bridgehead atoms. The minimum Gasteiger partial charge on any atom is -0.385 e. The standard InChI is InChI=1S/C15H13Cl2FO/c1-15(19,9-10-2-5-12(18)6-3-10)11-4-7-13(16)14(17)8-11/h2-8,19H,9H2,1H3. The molecule has 0 radical (unpaired) electrons. The summed E-state index contributed by atoms with van der Waals surface area (Å²) in [6.45, 7) is 1.69. The molecule has 2 aromatic carbocycles. The average Bonchev–Trinajstić information content (AvgIpc) is 2.35. The molecule has 2 rings (SSSR count). The Morgan fingerprint density at radius 2 is 1.68 bits per heavy atom. The molecule has 0 saturated heterocycles. The van der Waals surface area contributed by atoms with Crippen molar-refractivity contribution in [2.75, 3.05) is 0 Å². The minimum absolute atomic E-state index is 0.294. The summed E-state index contributed by atoms with van der Waals surface area (Å²) in [6.07, 6.45) is 0.366. The summed E-state index contributed by atoms with van der Waals surface area (Å²) < 4.78 is 12.8. The smallest absolute Gasteiger partial charge is 0.123 e. The van der Waals surface area contributed by atoms with E-state index < -0.39 is 5.60 Å². The van der Waals surface area contributed by atoms with Crippen LogP contribution in [0.1, 0.15) is 18.1 Å². The topological polar surface area (TPSA) is 20.2 Å². The van der Waals surface area contributed by atoms with Crippen molar-refractivity contribution in [1.82, 2.24) is 0 Å². The third-order valence-electron chi connectivity index (χ3n) is 3.00. The van der Waals surface area contributed by atoms with Gasteiger partial charge in [0.1, 0.15) is 5.82 Å². The van der Waals surface area contributed by atoms with Crippen molar-refractivity contribution in [3.63, 3.8) is 0 Å². The number of hydrogen-bond donors (Lipinski definition) is 1. The van der Waals surface area contributed by atoms with Crippen LogP contribution in [0, 0.1) is 5.82 Å². The highest BCUT2D eigenvalue weighted by molar-refractivity contribution is 6.42. The molecule has 100 valence electrons. The van der Waals surface area contributed by atoms with Crippen molar-refractivity contribution in [2.45, 2.75) is 18.9 Å². The van der Waals surface area contributed by atoms with Crippen molar-refractivity contribution in [2.24, 2.45) is 0 Å². The van der Waals surface area contributed by atoms with Crippen LogP contribution in [-0.4, -0.2) is 5.11 Å². The summed E-state index contributed by atoms with van der Waals surface area (Å²) in [5.74, 6) is -0.294. The predicted molar refractivity (Wildman–Crippen MR) is 76.1 cm³/mol. The van der Waals surface area contributed by atoms with Gasteiger partial charge in [0, 0.05) is 6.42 Å². The van der Waals surface area contributed by atoms with E-state index >= 15 is 0 Å². The Morgan fingerprint density at radius 3 is 2.26 bits per heavy atom. The molecule has 0 aliphatic rings. The first kappa shape index (κ1) is 14.3. The zero-order chi connectivity index (χ0) is 14.0. The molecule has 1 N–H and O–H groups in total. The maximum absolute atomic E-state index is 12.8. The van der Waals surface area contributed by atoms with E-state index in [0.717, 1.165) is 5.56 Å². The number of benzene rings is 2. The van der Waals surface area contributed by atoms with Crippen LogP contribution >= 0.6 is 23.2 Å². The third kappa shape index (κ3) is 3.47. The lowest BCUT2D eigenvalue weighted by molar-refractivity contribution is 0.0576. The van der Waals surface area contributed by atoms with E-state index in [0.29, 0.717) is 22.0 Å². The molecular formula is C15H13Cl2FO. The molecule has 4 heteroatoms. The second-order valence-corrected chi connectivity index (χ2v) is 5.52. The number of aliphatic hydroxyl groups is 1. The minimum atomic E-state index is -1.09. The third-order valence-corrected chi connectivity index (χ3v) is 3.74. The first-order valence-corrected chi connectivity index (χ1v) is 6.56. The van der Waals surface area contributed by atoms with E-state index in [1.165, 1.54) is 12.1 Å². The molecular weight excluding hydrogens is 286 g/mol. The first-order valence-electron chi connectivity index (χ1n) is 5.81. The van der Waals surface area contributed by atoms with E-state index in [1.807, 2.05) is 0 Å². The average molecular weight is 299 g/mol. The Kier molecular flexibility index (Phi) is 4.14. The Balaban J connectivity index is 2.26. The summed E-state index contributed by atoms with van der Waals surface area (Å²) >= 11 is 11.8. The lowest BCUT2D eigenvalue weighted by Gasteiger charge is -2.24. The quantitative estimate of drug-likeness (QED) is 0.879. The van der Waals surface area contributed by atoms with Gasteiger partial charge in [0.05, 0.1) is 15.6 Å². The van der Waals surface area contributed by atoms with E-state index in [-0.39, 0.29) is 5.82 Å². The number of halogens is 3. The summed E-state index contributed by atoms with van der Waals surface area (Å²) in [6, 6.07) is 11.1. The van der Waals surface area contributed by atoms with Crippen LogP contribution in [-0.2, 0) is 12.0 Å². The van der Waals surface area contributed by atoms with E-state index in [4.69, 9.17) is 23.2 Å². The molecule has 0 aromatic heterocycles. The van der Waals surface area contributed by atoms with Gasteiger partial charge in [0.25, 0.3) is 0 Å². The monoisotopic (exact) mass is 298 g/mol. The van der Waals surface area contributed by atoms with Crippen molar-refractivity contribution < 1.29 is 9.50 Å². The normalized spacial score (nSPS) is 14.2. The maximum Gasteiger partial charge on any atom is 0.123 e. The highest BCUT2D eigenvalue weighted by Gasteiger charge is 2.24. The molecule has 0 saturated carbocycles. The van der Waals surface area contributed by atoms with Gasteiger partial charge in [-0.2, -0.15) is 0 Å². The predicted octanol–water partition coefficient (Wildman–Crippen LogP) is 4.58. The van der Waals surface area contributed by atoms with Crippen LogP contribution in [0.5, 0.6) is 0 Å². The SMILES string of the molecule is CC(O)(Cc1ccc(F)cc1)c1ccc(Cl)c(Cl)c1. The number of rotatable bonds is 3. The molecule has 2 aromatic rings. The van der Waals surface area contributed by atoms with Crippen molar-refractivity contribution in [1.29, 1.82) is 0 Å². The zero-order valence-electron chi connectivity index (χ0n) is 10.3. The fraction of sp³-hybridized carbons (Fsp3) is 0.200. The molecule has 19 heavy (non-hydrogen) atoms. The molecule has 1 nitrogen and oxygen atoms in total. The summed E-state index contributed by atoms with van der Waals surface area (Å²) in [5.41, 5.74) is 0.426. The molecule has 0 heterocycles. The second kappa shape index (κ2) is 5.49. The Hall–Kier alpha value is -1.09. The van der Waals surface area contributed by atoms with E-state index in [2.05, 4.69) is 0 Å². The molecule has 0 fully saturated rings. The van der Waals surface area contributed by atoms with Crippen molar-refractivity contribution in [3.8, 4) is 0 Å². The highest BCUT2D eigenvalue weighted by Crippen LogP contribution is 2.30. The van der Waals surface area contributed by atoms with E-state index in [9.17, 15) is 9.50 Å². The van der Waals surface area contributed by atoms with Crippen molar-refractivity contribution in [3.05, 3.63) is 69.5 Å². The van der Waals surface area contributed by atoms with Gasteiger partial charge in [-0.3, -0.25) is 0 Å². The van der Waals surface area contributed by atoms with Crippen LogP contribution < -0.4 is 0 Å². The van der Waals surface area contributed by atoms with Crippen molar-refractivity contribution >= 4 is 23.2 Å². The van der Waals surface area contributed by atoms with Crippen LogP contribution in [0.4, 0.5) is 4.39 Å². The van der Waals surface area contributed by atoms with Gasteiger partial charge in [-0.05, 0) is 42.3 Å². The zero-order valence-corrected chi connectivity index (χ0v) is 11.8. The van der Waals surface area contributed by atoms with Gasteiger partial charge in [-0.15, -0.1) is 0 Å². The summed E-state index contributed by atoms with van der Waals surface area (Å²) in [7, 11) is 0. The summed E-state index contributed by atoms with van der Waals surface area (Å²) in [4.78, 5) is 0. The summed E-state index contributed by atoms with van der Waals surface area (Å²) in [5, 5.41) is 11.4. The Morgan fingerprint density at radius 1 is 1.05 bits per heavy atom. The number of hydrogen-bond acceptors (Lipinski definition) is 1. The first-order chi connectivity index (χ1) is 8.88. The molecule has 0 aliphatic carbocycles. The highest BCUT2D eigenvalue weighted by atomic mass is 35.5. The van der Waals surface area contributed by atoms with Gasteiger partial charge in [0.2, 0.25) is 0 Å². The molecule has 1 unspecified atom stereocenters. The second-order valence-electron chi connectivity index (χ2n) is 4.71. The van der Waals surface area contributed by atoms with Crippen LogP contribution in [0.3, 0.4) is 0 Å². The Labute approximate surface area is 121 Å². The largest absolute Gasteiger partial charge is 0.385 e. The maximum atomic E-state index is 12.8. The lowest BCUT2D eigenvalue weighted by Crippen LogP contribution is -2.24. The van der Waals surface area contributed by atoms with Crippen LogP contribution in [0.25, 0.3) is 0 Å². The molecule has 0 spiro atoms. The fourth-order valence-electron chi connectivity index (χ4n) is 1.93. The molecule has 1 atom stereocenters. The Bertz CT molecular complexity index is 579. The van der Waals surface area contributed by atoms with Gasteiger partial charge in [0.15, 0.2) is 0 Å².